The lowest BCUT2D eigenvalue weighted by atomic mass is 10.1. The molecule has 1 saturated carbocycles. The fraction of sp³-hybridized carbons (Fsp3) is 0.550. The molecule has 2 aromatic rings. The molecule has 1 aliphatic carbocycles. The van der Waals surface area contributed by atoms with Gasteiger partial charge in [0.15, 0.2) is 10.3 Å². The van der Waals surface area contributed by atoms with Crippen LogP contribution in [0.4, 0.5) is 0 Å². The summed E-state index contributed by atoms with van der Waals surface area (Å²) in [4.78, 5) is 0. The average molecular weight is 404 g/mol. The molecule has 1 fully saturated rings. The van der Waals surface area contributed by atoms with Gasteiger partial charge < -0.3 is 15.2 Å². The van der Waals surface area contributed by atoms with Crippen molar-refractivity contribution in [3.05, 3.63) is 41.7 Å². The third-order valence-corrected chi connectivity index (χ3v) is 5.94. The van der Waals surface area contributed by atoms with Gasteiger partial charge in [0.1, 0.15) is 5.82 Å². The maximum Gasteiger partial charge on any atom is 0.191 e. The lowest BCUT2D eigenvalue weighted by molar-refractivity contribution is 0.460. The van der Waals surface area contributed by atoms with Crippen molar-refractivity contribution in [2.75, 3.05) is 19.3 Å². The van der Waals surface area contributed by atoms with E-state index >= 15 is 0 Å². The first-order valence-corrected chi connectivity index (χ1v) is 11.4. The van der Waals surface area contributed by atoms with Crippen LogP contribution in [0.5, 0.6) is 0 Å². The molecule has 1 heterocycles. The Morgan fingerprint density at radius 2 is 1.85 bits per heavy atom. The van der Waals surface area contributed by atoms with Gasteiger partial charge in [-0.3, -0.25) is 0 Å². The number of thiocarbonyl (C=S) groups is 1. The van der Waals surface area contributed by atoms with E-state index in [1.807, 2.05) is 6.07 Å². The third kappa shape index (κ3) is 5.94. The van der Waals surface area contributed by atoms with Crippen molar-refractivity contribution in [1.29, 1.82) is 0 Å². The second-order valence-electron chi connectivity index (χ2n) is 6.93. The van der Waals surface area contributed by atoms with Crippen LogP contribution < -0.4 is 10.6 Å². The van der Waals surface area contributed by atoms with Gasteiger partial charge in [-0.05, 0) is 49.7 Å². The largest absolute Gasteiger partial charge is 0.363 e. The van der Waals surface area contributed by atoms with Crippen molar-refractivity contribution in [3.63, 3.8) is 0 Å². The van der Waals surface area contributed by atoms with E-state index in [0.29, 0.717) is 6.04 Å². The number of nitrogens with one attached hydrogen (secondary N) is 2. The predicted octanol–water partition coefficient (Wildman–Crippen LogP) is 3.75. The lowest BCUT2D eigenvalue weighted by Gasteiger charge is -2.16. The van der Waals surface area contributed by atoms with E-state index in [4.69, 9.17) is 12.2 Å². The zero-order chi connectivity index (χ0) is 18.9. The highest BCUT2D eigenvalue weighted by Gasteiger charge is 2.23. The van der Waals surface area contributed by atoms with E-state index in [2.05, 4.69) is 55.9 Å². The Bertz CT molecular complexity index is 710. The first-order chi connectivity index (χ1) is 13.3. The molecule has 0 unspecified atom stereocenters. The summed E-state index contributed by atoms with van der Waals surface area (Å²) in [6.45, 7) is 1.70. The Morgan fingerprint density at radius 1 is 1.11 bits per heavy atom. The van der Waals surface area contributed by atoms with Gasteiger partial charge in [-0.15, -0.1) is 10.2 Å². The molecule has 0 atom stereocenters. The van der Waals surface area contributed by atoms with Crippen LogP contribution in [0.1, 0.15) is 49.5 Å². The minimum absolute atomic E-state index is 0.589. The average Bonchev–Trinajstić information content (AvgIpc) is 3.35. The predicted molar refractivity (Wildman–Crippen MR) is 116 cm³/mol. The lowest BCUT2D eigenvalue weighted by Crippen LogP contribution is -2.37. The smallest absolute Gasteiger partial charge is 0.191 e. The van der Waals surface area contributed by atoms with Gasteiger partial charge in [0.2, 0.25) is 0 Å². The summed E-state index contributed by atoms with van der Waals surface area (Å²) in [5.74, 6) is 1.12. The summed E-state index contributed by atoms with van der Waals surface area (Å²) in [5, 5.41) is 17.2. The van der Waals surface area contributed by atoms with Crippen molar-refractivity contribution in [2.45, 2.75) is 56.1 Å². The fourth-order valence-electron chi connectivity index (χ4n) is 3.62. The molecule has 1 aromatic carbocycles. The molecule has 5 nitrogen and oxygen atoms in total. The molecule has 0 spiro atoms. The normalized spacial score (nSPS) is 14.4. The summed E-state index contributed by atoms with van der Waals surface area (Å²) in [7, 11) is 0. The van der Waals surface area contributed by atoms with E-state index in [9.17, 15) is 0 Å². The molecule has 1 aromatic heterocycles. The molecule has 7 heteroatoms. The molecule has 27 heavy (non-hydrogen) atoms. The van der Waals surface area contributed by atoms with Gasteiger partial charge in [-0.1, -0.05) is 54.9 Å². The van der Waals surface area contributed by atoms with Gasteiger partial charge in [-0.2, -0.15) is 0 Å². The van der Waals surface area contributed by atoms with Crippen LogP contribution in [0.25, 0.3) is 0 Å². The highest BCUT2D eigenvalue weighted by molar-refractivity contribution is 7.98. The standard InChI is InChI=1S/C20H29N5S2/c1-27-20-24-23-18(25(20)17-10-5-6-11-17)12-7-14-21-19(26)22-15-13-16-8-3-2-4-9-16/h2-4,8-9,17H,5-7,10-15H2,1H3,(H2,21,22,26). The van der Waals surface area contributed by atoms with Crippen LogP contribution in [0.2, 0.25) is 0 Å². The molecule has 0 amide bonds. The van der Waals surface area contributed by atoms with Crippen molar-refractivity contribution >= 4 is 29.1 Å². The number of aromatic nitrogens is 3. The Labute approximate surface area is 171 Å². The topological polar surface area (TPSA) is 54.8 Å². The van der Waals surface area contributed by atoms with Gasteiger partial charge in [0, 0.05) is 25.6 Å². The van der Waals surface area contributed by atoms with E-state index in [1.165, 1.54) is 31.2 Å². The number of rotatable bonds is 9. The first kappa shape index (κ1) is 20.1. The van der Waals surface area contributed by atoms with Gasteiger partial charge in [0.25, 0.3) is 0 Å². The highest BCUT2D eigenvalue weighted by atomic mass is 32.2. The van der Waals surface area contributed by atoms with E-state index in [-0.39, 0.29) is 0 Å². The van der Waals surface area contributed by atoms with Gasteiger partial charge in [0.05, 0.1) is 0 Å². The molecule has 0 radical (unpaired) electrons. The fourth-order valence-corrected chi connectivity index (χ4v) is 4.40. The summed E-state index contributed by atoms with van der Waals surface area (Å²) in [6.07, 6.45) is 10.1. The number of aryl methyl sites for hydroxylation is 1. The number of thioether (sulfide) groups is 1. The minimum Gasteiger partial charge on any atom is -0.363 e. The number of hydrogen-bond donors (Lipinski definition) is 2. The van der Waals surface area contributed by atoms with Crippen LogP contribution >= 0.6 is 24.0 Å². The molecule has 0 aliphatic heterocycles. The van der Waals surface area contributed by atoms with Crippen molar-refractivity contribution in [2.24, 2.45) is 0 Å². The van der Waals surface area contributed by atoms with E-state index in [0.717, 1.165) is 48.4 Å². The Balaban J connectivity index is 1.37. The highest BCUT2D eigenvalue weighted by Crippen LogP contribution is 2.33. The summed E-state index contributed by atoms with van der Waals surface area (Å²) >= 11 is 7.07. The first-order valence-electron chi connectivity index (χ1n) is 9.81. The summed E-state index contributed by atoms with van der Waals surface area (Å²) < 4.78 is 2.38. The Kier molecular flexibility index (Phi) is 7.95. The summed E-state index contributed by atoms with van der Waals surface area (Å²) in [5.41, 5.74) is 1.32. The second-order valence-corrected chi connectivity index (χ2v) is 8.11. The number of nitrogens with zero attached hydrogens (tertiary/aromatic N) is 3. The monoisotopic (exact) mass is 403 g/mol. The van der Waals surface area contributed by atoms with E-state index < -0.39 is 0 Å². The Hall–Kier alpha value is -1.60. The van der Waals surface area contributed by atoms with Crippen LogP contribution in [-0.4, -0.2) is 39.2 Å². The van der Waals surface area contributed by atoms with Crippen LogP contribution in [-0.2, 0) is 12.8 Å². The second kappa shape index (κ2) is 10.7. The van der Waals surface area contributed by atoms with Crippen molar-refractivity contribution < 1.29 is 0 Å². The molecule has 0 bridgehead atoms. The molecule has 0 saturated heterocycles. The zero-order valence-corrected chi connectivity index (χ0v) is 17.6. The minimum atomic E-state index is 0.589. The van der Waals surface area contributed by atoms with E-state index in [1.54, 1.807) is 11.8 Å². The maximum atomic E-state index is 5.38. The number of hydrogen-bond acceptors (Lipinski definition) is 4. The quantitative estimate of drug-likeness (QED) is 0.378. The van der Waals surface area contributed by atoms with Crippen molar-refractivity contribution in [1.82, 2.24) is 25.4 Å². The third-order valence-electron chi connectivity index (χ3n) is 5.01. The Morgan fingerprint density at radius 3 is 2.59 bits per heavy atom. The molecule has 3 rings (SSSR count). The van der Waals surface area contributed by atoms with Crippen LogP contribution in [0.3, 0.4) is 0 Å². The van der Waals surface area contributed by atoms with Crippen molar-refractivity contribution in [3.8, 4) is 0 Å². The zero-order valence-electron chi connectivity index (χ0n) is 16.0. The van der Waals surface area contributed by atoms with Gasteiger partial charge in [-0.25, -0.2) is 0 Å². The maximum absolute atomic E-state index is 5.38. The molecule has 2 N–H and O–H groups in total. The van der Waals surface area contributed by atoms with Gasteiger partial charge >= 0.3 is 0 Å². The molecule has 1 aliphatic rings. The molecule has 146 valence electrons. The molecular formula is C20H29N5S2. The SMILES string of the molecule is CSc1nnc(CCCNC(=S)NCCc2ccccc2)n1C1CCCC1. The number of benzene rings is 1. The van der Waals surface area contributed by atoms with Crippen LogP contribution in [0, 0.1) is 0 Å². The summed E-state index contributed by atoms with van der Waals surface area (Å²) in [6, 6.07) is 11.0. The van der Waals surface area contributed by atoms with Crippen LogP contribution in [0.15, 0.2) is 35.5 Å². The molecular weight excluding hydrogens is 374 g/mol.